The van der Waals surface area contributed by atoms with Crippen LogP contribution >= 0.6 is 0 Å². The Hall–Kier alpha value is -2.30. The number of fused-ring (bicyclic) bond motifs is 1. The lowest BCUT2D eigenvalue weighted by atomic mass is 9.72. The molecule has 1 N–H and O–H groups in total. The number of rotatable bonds is 4. The molecule has 5 heteroatoms. The lowest BCUT2D eigenvalue weighted by molar-refractivity contribution is -0.145. The molecule has 1 atom stereocenters. The van der Waals surface area contributed by atoms with E-state index in [9.17, 15) is 9.90 Å². The molecule has 1 aliphatic rings. The van der Waals surface area contributed by atoms with Gasteiger partial charge in [0.05, 0.1) is 12.8 Å². The van der Waals surface area contributed by atoms with Crippen LogP contribution in [0.4, 0.5) is 0 Å². The van der Waals surface area contributed by atoms with Crippen molar-refractivity contribution in [1.29, 1.82) is 0 Å². The van der Waals surface area contributed by atoms with Gasteiger partial charge in [0.25, 0.3) is 0 Å². The Labute approximate surface area is 123 Å². The lowest BCUT2D eigenvalue weighted by Gasteiger charge is -2.35. The fourth-order valence-electron chi connectivity index (χ4n) is 2.96. The predicted octanol–water partition coefficient (Wildman–Crippen LogP) is 2.25. The minimum atomic E-state index is -0.934. The predicted molar refractivity (Wildman–Crippen MR) is 77.5 cm³/mol. The molecule has 1 aromatic heterocycles. The summed E-state index contributed by atoms with van der Waals surface area (Å²) in [6, 6.07) is 7.42. The molecular weight excluding hydrogens is 268 g/mol. The van der Waals surface area contributed by atoms with Crippen LogP contribution in [0, 0.1) is 0 Å². The fraction of sp³-hybridized carbons (Fsp3) is 0.375. The molecule has 0 aliphatic carbocycles. The smallest absolute Gasteiger partial charge is 0.314 e. The molecule has 110 valence electrons. The van der Waals surface area contributed by atoms with Crippen LogP contribution in [-0.4, -0.2) is 27.5 Å². The van der Waals surface area contributed by atoms with Gasteiger partial charge in [-0.3, -0.25) is 9.48 Å². The Kier molecular flexibility index (Phi) is 3.41. The molecule has 0 amide bonds. The van der Waals surface area contributed by atoms with Crippen molar-refractivity contribution in [3.8, 4) is 5.75 Å². The molecule has 5 nitrogen and oxygen atoms in total. The van der Waals surface area contributed by atoms with Crippen molar-refractivity contribution in [2.24, 2.45) is 0 Å². The van der Waals surface area contributed by atoms with E-state index in [0.717, 1.165) is 17.7 Å². The third kappa shape index (κ3) is 2.28. The number of hydrogen-bond acceptors (Lipinski definition) is 3. The molecule has 1 unspecified atom stereocenters. The van der Waals surface area contributed by atoms with Crippen LogP contribution in [0.15, 0.2) is 36.7 Å². The number of aromatic nitrogens is 2. The molecule has 1 aliphatic heterocycles. The summed E-state index contributed by atoms with van der Waals surface area (Å²) in [5, 5.41) is 14.1. The highest BCUT2D eigenvalue weighted by molar-refractivity contribution is 5.83. The van der Waals surface area contributed by atoms with Crippen molar-refractivity contribution >= 4 is 5.97 Å². The summed E-state index contributed by atoms with van der Waals surface area (Å²) in [4.78, 5) is 12.0. The zero-order valence-corrected chi connectivity index (χ0v) is 12.0. The molecule has 21 heavy (non-hydrogen) atoms. The number of carboxylic acids is 1. The van der Waals surface area contributed by atoms with Gasteiger partial charge in [-0.15, -0.1) is 0 Å². The average molecular weight is 286 g/mol. The Balaban J connectivity index is 2.03. The number of carboxylic acid groups (broad SMARTS) is 1. The summed E-state index contributed by atoms with van der Waals surface area (Å²) in [5.41, 5.74) is 0.764. The van der Waals surface area contributed by atoms with E-state index in [0.29, 0.717) is 25.2 Å². The van der Waals surface area contributed by atoms with Crippen LogP contribution in [0.3, 0.4) is 0 Å². The highest BCUT2D eigenvalue weighted by Crippen LogP contribution is 2.41. The van der Waals surface area contributed by atoms with Gasteiger partial charge < -0.3 is 9.84 Å². The third-order valence-electron chi connectivity index (χ3n) is 4.12. The quantitative estimate of drug-likeness (QED) is 0.936. The van der Waals surface area contributed by atoms with Gasteiger partial charge in [0.2, 0.25) is 0 Å². The van der Waals surface area contributed by atoms with Crippen LogP contribution in [0.5, 0.6) is 5.75 Å². The minimum Gasteiger partial charge on any atom is -0.493 e. The van der Waals surface area contributed by atoms with E-state index >= 15 is 0 Å². The number of benzene rings is 1. The van der Waals surface area contributed by atoms with Crippen LogP contribution in [-0.2, 0) is 23.2 Å². The second kappa shape index (κ2) is 5.24. The zero-order chi connectivity index (χ0) is 14.9. The van der Waals surface area contributed by atoms with E-state index in [1.54, 1.807) is 6.20 Å². The number of nitrogens with zero attached hydrogens (tertiary/aromatic N) is 2. The van der Waals surface area contributed by atoms with Gasteiger partial charge in [0.15, 0.2) is 0 Å². The van der Waals surface area contributed by atoms with Gasteiger partial charge in [-0.05, 0) is 25.0 Å². The average Bonchev–Trinajstić information content (AvgIpc) is 2.95. The molecule has 0 saturated heterocycles. The summed E-state index contributed by atoms with van der Waals surface area (Å²) in [6.45, 7) is 3.21. The fourth-order valence-corrected chi connectivity index (χ4v) is 2.96. The monoisotopic (exact) mass is 286 g/mol. The van der Waals surface area contributed by atoms with Crippen LogP contribution < -0.4 is 4.74 Å². The van der Waals surface area contributed by atoms with Gasteiger partial charge in [-0.1, -0.05) is 18.2 Å². The molecule has 0 spiro atoms. The maximum Gasteiger partial charge on any atom is 0.314 e. The molecule has 0 bridgehead atoms. The van der Waals surface area contributed by atoms with E-state index in [1.165, 1.54) is 0 Å². The molecule has 1 aromatic carbocycles. The maximum absolute atomic E-state index is 12.0. The summed E-state index contributed by atoms with van der Waals surface area (Å²) in [7, 11) is 0. The lowest BCUT2D eigenvalue weighted by Crippen LogP contribution is -2.42. The molecule has 2 heterocycles. The Morgan fingerprint density at radius 3 is 3.00 bits per heavy atom. The van der Waals surface area contributed by atoms with Gasteiger partial charge in [0, 0.05) is 24.7 Å². The number of ether oxygens (including phenoxy) is 1. The number of para-hydroxylation sites is 1. The van der Waals surface area contributed by atoms with Crippen LogP contribution in [0.25, 0.3) is 0 Å². The highest BCUT2D eigenvalue weighted by atomic mass is 16.5. The summed E-state index contributed by atoms with van der Waals surface area (Å²) >= 11 is 0. The molecule has 0 fully saturated rings. The maximum atomic E-state index is 12.0. The number of aliphatic carboxylic acids is 1. The Morgan fingerprint density at radius 2 is 2.29 bits per heavy atom. The Morgan fingerprint density at radius 1 is 1.48 bits per heavy atom. The molecule has 0 saturated carbocycles. The van der Waals surface area contributed by atoms with Crippen molar-refractivity contribution in [3.63, 3.8) is 0 Å². The van der Waals surface area contributed by atoms with Crippen molar-refractivity contribution in [1.82, 2.24) is 9.78 Å². The second-order valence-corrected chi connectivity index (χ2v) is 5.36. The van der Waals surface area contributed by atoms with Gasteiger partial charge in [-0.2, -0.15) is 5.10 Å². The summed E-state index contributed by atoms with van der Waals surface area (Å²) < 4.78 is 7.42. The van der Waals surface area contributed by atoms with E-state index < -0.39 is 11.4 Å². The molecule has 0 radical (unpaired) electrons. The van der Waals surface area contributed by atoms with Gasteiger partial charge >= 0.3 is 5.97 Å². The van der Waals surface area contributed by atoms with Crippen molar-refractivity contribution in [2.45, 2.75) is 31.7 Å². The normalized spacial score (nSPS) is 20.6. The van der Waals surface area contributed by atoms with E-state index in [1.807, 2.05) is 42.1 Å². The third-order valence-corrected chi connectivity index (χ3v) is 4.12. The SMILES string of the molecule is CCn1cc(CC2(C(=O)O)CCOc3ccccc32)cn1. The second-order valence-electron chi connectivity index (χ2n) is 5.36. The standard InChI is InChI=1S/C16H18N2O3/c1-2-18-11-12(10-17-18)9-16(15(19)20)7-8-21-14-6-4-3-5-13(14)16/h3-6,10-11H,2,7-9H2,1H3,(H,19,20). The summed E-state index contributed by atoms with van der Waals surface area (Å²) in [6.07, 6.45) is 4.58. The molecule has 3 rings (SSSR count). The number of hydrogen-bond donors (Lipinski definition) is 1. The van der Waals surface area contributed by atoms with Gasteiger partial charge in [0.1, 0.15) is 11.2 Å². The Bertz CT molecular complexity index is 665. The van der Waals surface area contributed by atoms with Crippen molar-refractivity contribution in [2.75, 3.05) is 6.61 Å². The van der Waals surface area contributed by atoms with Crippen LogP contribution in [0.1, 0.15) is 24.5 Å². The van der Waals surface area contributed by atoms with Crippen LogP contribution in [0.2, 0.25) is 0 Å². The first-order valence-electron chi connectivity index (χ1n) is 7.13. The number of carbonyl (C=O) groups is 1. The van der Waals surface area contributed by atoms with E-state index in [4.69, 9.17) is 4.74 Å². The van der Waals surface area contributed by atoms with Gasteiger partial charge in [-0.25, -0.2) is 0 Å². The van der Waals surface area contributed by atoms with E-state index in [-0.39, 0.29) is 0 Å². The summed E-state index contributed by atoms with van der Waals surface area (Å²) in [5.74, 6) is -0.128. The zero-order valence-electron chi connectivity index (χ0n) is 12.0. The molecular formula is C16H18N2O3. The van der Waals surface area contributed by atoms with E-state index in [2.05, 4.69) is 5.10 Å². The molecule has 2 aromatic rings. The first-order valence-corrected chi connectivity index (χ1v) is 7.13. The number of aryl methyl sites for hydroxylation is 1. The van der Waals surface area contributed by atoms with Crippen molar-refractivity contribution in [3.05, 3.63) is 47.8 Å². The van der Waals surface area contributed by atoms with Crippen molar-refractivity contribution < 1.29 is 14.6 Å². The largest absolute Gasteiger partial charge is 0.493 e. The topological polar surface area (TPSA) is 64.4 Å². The first-order chi connectivity index (χ1) is 10.2. The minimum absolute atomic E-state index is 0.422. The first kappa shape index (κ1) is 13.7. The highest BCUT2D eigenvalue weighted by Gasteiger charge is 2.44.